The lowest BCUT2D eigenvalue weighted by Crippen LogP contribution is -2.32. The summed E-state index contributed by atoms with van der Waals surface area (Å²) in [7, 11) is -3.41. The highest BCUT2D eigenvalue weighted by Gasteiger charge is 2.47. The van der Waals surface area contributed by atoms with Crippen molar-refractivity contribution in [3.8, 4) is 6.07 Å². The normalized spacial score (nSPS) is 18.5. The molecule has 0 radical (unpaired) electrons. The highest BCUT2D eigenvalue weighted by Crippen LogP contribution is 2.46. The molecule has 1 fully saturated rings. The molecule has 0 saturated heterocycles. The van der Waals surface area contributed by atoms with Gasteiger partial charge in [-0.1, -0.05) is 6.92 Å². The van der Waals surface area contributed by atoms with Gasteiger partial charge in [-0.25, -0.2) is 13.1 Å². The molecule has 0 aliphatic heterocycles. The molecule has 1 heterocycles. The number of sulfonamides is 1. The second-order valence-corrected chi connectivity index (χ2v) is 8.52. The van der Waals surface area contributed by atoms with E-state index < -0.39 is 15.4 Å². The van der Waals surface area contributed by atoms with E-state index in [4.69, 9.17) is 5.26 Å². The molecule has 1 atom stereocenters. The molecule has 1 aliphatic rings. The lowest BCUT2D eigenvalue weighted by atomic mass is 10.2. The van der Waals surface area contributed by atoms with Gasteiger partial charge < -0.3 is 0 Å². The third-order valence-electron chi connectivity index (χ3n) is 3.70. The molecule has 2 rings (SSSR count). The maximum absolute atomic E-state index is 12.1. The van der Waals surface area contributed by atoms with Crippen LogP contribution in [-0.2, 0) is 16.4 Å². The molecule has 20 heavy (non-hydrogen) atoms. The number of aryl methyl sites for hydroxylation is 2. The van der Waals surface area contributed by atoms with E-state index in [9.17, 15) is 8.42 Å². The zero-order valence-corrected chi connectivity index (χ0v) is 13.7. The zero-order chi connectivity index (χ0) is 15.0. The maximum atomic E-state index is 12.1. The SMILES string of the molecule is CCc1sc(C(C)NS(=O)(=O)CC2(C#N)CC2)cc1C. The van der Waals surface area contributed by atoms with E-state index in [0.29, 0.717) is 12.8 Å². The van der Waals surface area contributed by atoms with Crippen LogP contribution in [0.25, 0.3) is 0 Å². The molecular formula is C14H20N2O2S2. The van der Waals surface area contributed by atoms with Crippen LogP contribution >= 0.6 is 11.3 Å². The largest absolute Gasteiger partial charge is 0.213 e. The summed E-state index contributed by atoms with van der Waals surface area (Å²) >= 11 is 1.66. The van der Waals surface area contributed by atoms with Crippen LogP contribution in [0.3, 0.4) is 0 Å². The summed E-state index contributed by atoms with van der Waals surface area (Å²) in [4.78, 5) is 2.33. The molecule has 1 saturated carbocycles. The molecule has 0 amide bonds. The number of hydrogen-bond donors (Lipinski definition) is 1. The van der Waals surface area contributed by atoms with Crippen molar-refractivity contribution in [2.24, 2.45) is 5.41 Å². The van der Waals surface area contributed by atoms with Gasteiger partial charge >= 0.3 is 0 Å². The first-order valence-electron chi connectivity index (χ1n) is 6.81. The minimum atomic E-state index is -3.41. The summed E-state index contributed by atoms with van der Waals surface area (Å²) in [6, 6.07) is 3.94. The van der Waals surface area contributed by atoms with Crippen LogP contribution in [-0.4, -0.2) is 14.2 Å². The van der Waals surface area contributed by atoms with E-state index in [1.54, 1.807) is 11.3 Å². The van der Waals surface area contributed by atoms with E-state index in [1.807, 2.05) is 13.0 Å². The van der Waals surface area contributed by atoms with Gasteiger partial charge in [-0.05, 0) is 44.7 Å². The molecule has 4 nitrogen and oxygen atoms in total. The monoisotopic (exact) mass is 312 g/mol. The molecule has 110 valence electrons. The minimum Gasteiger partial charge on any atom is -0.212 e. The summed E-state index contributed by atoms with van der Waals surface area (Å²) in [5.41, 5.74) is 0.583. The van der Waals surface area contributed by atoms with E-state index in [1.165, 1.54) is 10.4 Å². The van der Waals surface area contributed by atoms with Gasteiger partial charge in [0.2, 0.25) is 10.0 Å². The summed E-state index contributed by atoms with van der Waals surface area (Å²) in [6.45, 7) is 6.00. The number of rotatable bonds is 6. The Hall–Kier alpha value is -0.900. The van der Waals surface area contributed by atoms with E-state index in [-0.39, 0.29) is 11.8 Å². The van der Waals surface area contributed by atoms with Crippen LogP contribution in [0.1, 0.15) is 48.0 Å². The first-order chi connectivity index (χ1) is 9.31. The van der Waals surface area contributed by atoms with Crippen molar-refractivity contribution >= 4 is 21.4 Å². The van der Waals surface area contributed by atoms with Crippen LogP contribution in [0.2, 0.25) is 0 Å². The van der Waals surface area contributed by atoms with Gasteiger partial charge in [0.25, 0.3) is 0 Å². The van der Waals surface area contributed by atoms with Crippen LogP contribution in [0.5, 0.6) is 0 Å². The Morgan fingerprint density at radius 2 is 2.20 bits per heavy atom. The second kappa shape index (κ2) is 5.47. The summed E-state index contributed by atoms with van der Waals surface area (Å²) < 4.78 is 27.0. The van der Waals surface area contributed by atoms with E-state index >= 15 is 0 Å². The van der Waals surface area contributed by atoms with Crippen molar-refractivity contribution in [2.45, 2.75) is 46.1 Å². The molecule has 1 aromatic heterocycles. The van der Waals surface area contributed by atoms with Crippen molar-refractivity contribution in [1.82, 2.24) is 4.72 Å². The Balaban J connectivity index is 2.06. The quantitative estimate of drug-likeness (QED) is 0.878. The topological polar surface area (TPSA) is 70.0 Å². The van der Waals surface area contributed by atoms with E-state index in [0.717, 1.165) is 11.3 Å². The van der Waals surface area contributed by atoms with Gasteiger partial charge in [-0.3, -0.25) is 0 Å². The highest BCUT2D eigenvalue weighted by atomic mass is 32.2. The molecule has 1 unspecified atom stereocenters. The van der Waals surface area contributed by atoms with Crippen molar-refractivity contribution in [3.05, 3.63) is 21.4 Å². The number of nitrogens with zero attached hydrogens (tertiary/aromatic N) is 1. The van der Waals surface area contributed by atoms with E-state index in [2.05, 4.69) is 24.6 Å². The Kier molecular flexibility index (Phi) is 4.24. The van der Waals surface area contributed by atoms with Crippen LogP contribution in [0.4, 0.5) is 0 Å². The predicted molar refractivity (Wildman–Crippen MR) is 81.1 cm³/mol. The van der Waals surface area contributed by atoms with Gasteiger partial charge in [-0.15, -0.1) is 11.3 Å². The molecule has 0 spiro atoms. The third-order valence-corrected chi connectivity index (χ3v) is 6.91. The molecular weight excluding hydrogens is 292 g/mol. The van der Waals surface area contributed by atoms with Crippen molar-refractivity contribution in [1.29, 1.82) is 5.26 Å². The van der Waals surface area contributed by atoms with Gasteiger partial charge in [0.1, 0.15) is 0 Å². The van der Waals surface area contributed by atoms with Crippen molar-refractivity contribution in [2.75, 3.05) is 5.75 Å². The van der Waals surface area contributed by atoms with Gasteiger partial charge in [0, 0.05) is 9.75 Å². The van der Waals surface area contributed by atoms with Gasteiger partial charge in [0.05, 0.1) is 23.3 Å². The van der Waals surface area contributed by atoms with Crippen molar-refractivity contribution < 1.29 is 8.42 Å². The van der Waals surface area contributed by atoms with Gasteiger partial charge in [0.15, 0.2) is 0 Å². The Morgan fingerprint density at radius 3 is 2.65 bits per heavy atom. The maximum Gasteiger partial charge on any atom is 0.213 e. The summed E-state index contributed by atoms with van der Waals surface area (Å²) in [5, 5.41) is 9.00. The van der Waals surface area contributed by atoms with Gasteiger partial charge in [-0.2, -0.15) is 5.26 Å². The zero-order valence-electron chi connectivity index (χ0n) is 12.1. The Morgan fingerprint density at radius 1 is 1.55 bits per heavy atom. The lowest BCUT2D eigenvalue weighted by molar-refractivity contribution is 0.557. The number of thiophene rings is 1. The first-order valence-corrected chi connectivity index (χ1v) is 9.28. The molecule has 1 N–H and O–H groups in total. The Bertz CT molecular complexity index is 637. The molecule has 1 aromatic rings. The third kappa shape index (κ3) is 3.40. The van der Waals surface area contributed by atoms with Crippen LogP contribution in [0.15, 0.2) is 6.07 Å². The molecule has 1 aliphatic carbocycles. The first kappa shape index (κ1) is 15.5. The van der Waals surface area contributed by atoms with Crippen LogP contribution in [0, 0.1) is 23.7 Å². The van der Waals surface area contributed by atoms with Crippen LogP contribution < -0.4 is 4.72 Å². The lowest BCUT2D eigenvalue weighted by Gasteiger charge is -2.14. The number of hydrogen-bond acceptors (Lipinski definition) is 4. The minimum absolute atomic E-state index is 0.0775. The Labute approximate surface area is 124 Å². The highest BCUT2D eigenvalue weighted by molar-refractivity contribution is 7.89. The summed E-state index contributed by atoms with van der Waals surface area (Å²) in [5.74, 6) is -0.0775. The summed E-state index contributed by atoms with van der Waals surface area (Å²) in [6.07, 6.45) is 2.35. The smallest absolute Gasteiger partial charge is 0.212 e. The fourth-order valence-corrected chi connectivity index (χ4v) is 5.31. The number of nitriles is 1. The fraction of sp³-hybridized carbons (Fsp3) is 0.643. The molecule has 0 aromatic carbocycles. The molecule has 6 heteroatoms. The van der Waals surface area contributed by atoms with Crippen molar-refractivity contribution in [3.63, 3.8) is 0 Å². The molecule has 0 bridgehead atoms. The average molecular weight is 312 g/mol. The second-order valence-electron chi connectivity index (χ2n) is 5.60. The fourth-order valence-electron chi connectivity index (χ4n) is 2.28. The average Bonchev–Trinajstić information content (AvgIpc) is 3.02. The predicted octanol–water partition coefficient (Wildman–Crippen LogP) is 2.90. The standard InChI is InChI=1S/C14H20N2O2S2/c1-4-12-10(2)7-13(19-12)11(3)16-20(17,18)9-14(8-15)5-6-14/h7,11,16H,4-6,9H2,1-3H3. The number of nitrogens with one attached hydrogen (secondary N) is 1.